The average Bonchev–Trinajstić information content (AvgIpc) is 2.35. The Bertz CT molecular complexity index is 479. The van der Waals surface area contributed by atoms with Crippen molar-refractivity contribution in [3.05, 3.63) is 0 Å². The first-order valence-electron chi connectivity index (χ1n) is 6.55. The van der Waals surface area contributed by atoms with Gasteiger partial charge in [-0.15, -0.1) is 0 Å². The van der Waals surface area contributed by atoms with E-state index in [1.165, 1.54) is 0 Å². The average molecular weight is 313 g/mol. The monoisotopic (exact) mass is 313 g/mol. The highest BCUT2D eigenvalue weighted by molar-refractivity contribution is 7.92. The molecule has 1 saturated heterocycles. The Morgan fingerprint density at radius 1 is 1.21 bits per heavy atom. The summed E-state index contributed by atoms with van der Waals surface area (Å²) in [7, 11) is -6.63. The molecule has 1 rings (SSSR count). The molecular formula is C11H23NO5S2. The molecule has 0 bridgehead atoms. The number of sulfonamides is 1. The summed E-state index contributed by atoms with van der Waals surface area (Å²) < 4.78 is 49.1. The number of hydrogen-bond donors (Lipinski definition) is 2. The first-order valence-corrected chi connectivity index (χ1v) is 9.92. The molecule has 0 saturated carbocycles. The third-order valence-corrected chi connectivity index (χ3v) is 7.47. The van der Waals surface area contributed by atoms with Crippen LogP contribution in [0.15, 0.2) is 0 Å². The number of hydrogen-bond acceptors (Lipinski definition) is 5. The molecular weight excluding hydrogens is 290 g/mol. The van der Waals surface area contributed by atoms with Gasteiger partial charge >= 0.3 is 0 Å². The van der Waals surface area contributed by atoms with Crippen molar-refractivity contribution in [1.29, 1.82) is 0 Å². The fourth-order valence-electron chi connectivity index (χ4n) is 2.03. The quantitative estimate of drug-likeness (QED) is 0.721. The van der Waals surface area contributed by atoms with E-state index in [4.69, 9.17) is 0 Å². The second-order valence-corrected chi connectivity index (χ2v) is 9.50. The smallest absolute Gasteiger partial charge is 0.214 e. The minimum atomic E-state index is -3.56. The topological polar surface area (TPSA) is 101 Å². The normalized spacial score (nSPS) is 21.4. The Balaban J connectivity index is 2.63. The maximum Gasteiger partial charge on any atom is 0.214 e. The van der Waals surface area contributed by atoms with Crippen LogP contribution >= 0.6 is 0 Å². The van der Waals surface area contributed by atoms with Crippen LogP contribution in [0, 0.1) is 0 Å². The molecule has 0 amide bonds. The molecule has 0 aromatic carbocycles. The first kappa shape index (κ1) is 16.9. The fourth-order valence-corrected chi connectivity index (χ4v) is 5.38. The Kier molecular flexibility index (Phi) is 5.39. The van der Waals surface area contributed by atoms with Crippen LogP contribution < -0.4 is 4.72 Å². The van der Waals surface area contributed by atoms with Crippen molar-refractivity contribution >= 4 is 19.9 Å². The highest BCUT2D eigenvalue weighted by Crippen LogP contribution is 2.20. The second kappa shape index (κ2) is 6.07. The van der Waals surface area contributed by atoms with Crippen molar-refractivity contribution in [2.24, 2.45) is 0 Å². The molecule has 2 N–H and O–H groups in total. The zero-order valence-electron chi connectivity index (χ0n) is 11.4. The highest BCUT2D eigenvalue weighted by Gasteiger charge is 2.34. The summed E-state index contributed by atoms with van der Waals surface area (Å²) >= 11 is 0. The van der Waals surface area contributed by atoms with Crippen LogP contribution in [-0.4, -0.2) is 50.8 Å². The molecule has 114 valence electrons. The van der Waals surface area contributed by atoms with E-state index in [1.807, 2.05) is 0 Å². The standard InChI is InChI=1S/C11H23NO5S2/c1-3-11(13,4-2)9-12-19(16,17)10-5-7-18(14,15)8-6-10/h10,12-13H,3-9H2,1-2H3. The fraction of sp³-hybridized carbons (Fsp3) is 1.00. The van der Waals surface area contributed by atoms with E-state index < -0.39 is 30.7 Å². The van der Waals surface area contributed by atoms with Crippen LogP contribution in [0.2, 0.25) is 0 Å². The predicted octanol–water partition coefficient (Wildman–Crippen LogP) is 0.0341. The Morgan fingerprint density at radius 3 is 2.11 bits per heavy atom. The Hall–Kier alpha value is -0.180. The van der Waals surface area contributed by atoms with E-state index >= 15 is 0 Å². The van der Waals surface area contributed by atoms with Gasteiger partial charge < -0.3 is 5.11 Å². The van der Waals surface area contributed by atoms with Gasteiger partial charge in [0.15, 0.2) is 0 Å². The van der Waals surface area contributed by atoms with Gasteiger partial charge in [0.05, 0.1) is 22.4 Å². The van der Waals surface area contributed by atoms with Crippen LogP contribution in [0.4, 0.5) is 0 Å². The minimum absolute atomic E-state index is 0.0222. The van der Waals surface area contributed by atoms with E-state index in [9.17, 15) is 21.9 Å². The molecule has 1 heterocycles. The lowest BCUT2D eigenvalue weighted by atomic mass is 9.98. The van der Waals surface area contributed by atoms with Gasteiger partial charge in [-0.05, 0) is 25.7 Å². The van der Waals surface area contributed by atoms with E-state index in [-0.39, 0.29) is 30.9 Å². The molecule has 1 aliphatic rings. The van der Waals surface area contributed by atoms with Crippen LogP contribution in [0.3, 0.4) is 0 Å². The van der Waals surface area contributed by atoms with Gasteiger partial charge in [0.25, 0.3) is 0 Å². The summed E-state index contributed by atoms with van der Waals surface area (Å²) in [4.78, 5) is 0. The SMILES string of the molecule is CCC(O)(CC)CNS(=O)(=O)C1CCS(=O)(=O)CC1. The molecule has 6 nitrogen and oxygen atoms in total. The molecule has 1 aliphatic heterocycles. The summed E-state index contributed by atoms with van der Waals surface area (Å²) in [5, 5.41) is 9.38. The summed E-state index contributed by atoms with van der Waals surface area (Å²) in [6.45, 7) is 3.57. The third kappa shape index (κ3) is 4.70. The van der Waals surface area contributed by atoms with Gasteiger partial charge in [0.2, 0.25) is 10.0 Å². The second-order valence-electron chi connectivity index (χ2n) is 5.15. The number of nitrogens with one attached hydrogen (secondary N) is 1. The molecule has 19 heavy (non-hydrogen) atoms. The van der Waals surface area contributed by atoms with Crippen molar-refractivity contribution in [2.45, 2.75) is 50.4 Å². The Labute approximate surface area is 115 Å². The van der Waals surface area contributed by atoms with Crippen molar-refractivity contribution in [3.8, 4) is 0 Å². The van der Waals surface area contributed by atoms with Crippen molar-refractivity contribution in [3.63, 3.8) is 0 Å². The lowest BCUT2D eigenvalue weighted by Crippen LogP contribution is -2.46. The lowest BCUT2D eigenvalue weighted by molar-refractivity contribution is 0.0376. The summed E-state index contributed by atoms with van der Waals surface area (Å²) in [5.74, 6) is -0.158. The molecule has 0 unspecified atom stereocenters. The van der Waals surface area contributed by atoms with E-state index in [0.29, 0.717) is 12.8 Å². The number of rotatable bonds is 6. The molecule has 8 heteroatoms. The van der Waals surface area contributed by atoms with Crippen LogP contribution in [-0.2, 0) is 19.9 Å². The van der Waals surface area contributed by atoms with Crippen LogP contribution in [0.25, 0.3) is 0 Å². The van der Waals surface area contributed by atoms with Crippen molar-refractivity contribution < 1.29 is 21.9 Å². The lowest BCUT2D eigenvalue weighted by Gasteiger charge is -2.28. The highest BCUT2D eigenvalue weighted by atomic mass is 32.2. The summed E-state index contributed by atoms with van der Waals surface area (Å²) in [6, 6.07) is 0. The van der Waals surface area contributed by atoms with Crippen molar-refractivity contribution in [1.82, 2.24) is 4.72 Å². The largest absolute Gasteiger partial charge is 0.389 e. The van der Waals surface area contributed by atoms with E-state index in [0.717, 1.165) is 0 Å². The predicted molar refractivity (Wildman–Crippen MR) is 74.1 cm³/mol. The molecule has 0 aromatic heterocycles. The molecule has 0 atom stereocenters. The molecule has 0 spiro atoms. The van der Waals surface area contributed by atoms with Gasteiger partial charge in [0, 0.05) is 6.54 Å². The minimum Gasteiger partial charge on any atom is -0.389 e. The van der Waals surface area contributed by atoms with E-state index in [2.05, 4.69) is 4.72 Å². The third-order valence-electron chi connectivity index (χ3n) is 3.86. The molecule has 1 fully saturated rings. The maximum absolute atomic E-state index is 12.1. The number of aliphatic hydroxyl groups is 1. The number of sulfone groups is 1. The van der Waals surface area contributed by atoms with Gasteiger partial charge in [-0.1, -0.05) is 13.8 Å². The zero-order valence-corrected chi connectivity index (χ0v) is 13.1. The Morgan fingerprint density at radius 2 is 1.68 bits per heavy atom. The zero-order chi connectivity index (χ0) is 14.7. The van der Waals surface area contributed by atoms with Crippen molar-refractivity contribution in [2.75, 3.05) is 18.1 Å². The maximum atomic E-state index is 12.1. The van der Waals surface area contributed by atoms with Gasteiger partial charge in [-0.3, -0.25) is 0 Å². The van der Waals surface area contributed by atoms with E-state index in [1.54, 1.807) is 13.8 Å². The van der Waals surface area contributed by atoms with Crippen LogP contribution in [0.5, 0.6) is 0 Å². The molecule has 0 radical (unpaired) electrons. The summed E-state index contributed by atoms with van der Waals surface area (Å²) in [6.07, 6.45) is 1.19. The van der Waals surface area contributed by atoms with Gasteiger partial charge in [-0.25, -0.2) is 21.6 Å². The summed E-state index contributed by atoms with van der Waals surface area (Å²) in [5.41, 5.74) is -1.03. The van der Waals surface area contributed by atoms with Gasteiger partial charge in [0.1, 0.15) is 9.84 Å². The molecule has 0 aromatic rings. The molecule has 0 aliphatic carbocycles. The van der Waals surface area contributed by atoms with Gasteiger partial charge in [-0.2, -0.15) is 0 Å². The van der Waals surface area contributed by atoms with Crippen LogP contribution in [0.1, 0.15) is 39.5 Å². The first-order chi connectivity index (χ1) is 8.64.